The molecule has 0 aliphatic heterocycles. The van der Waals surface area contributed by atoms with Gasteiger partial charge in [-0.05, 0) is 36.8 Å². The molecule has 0 saturated carbocycles. The van der Waals surface area contributed by atoms with Gasteiger partial charge in [0.25, 0.3) is 0 Å². The molecule has 0 spiro atoms. The minimum absolute atomic E-state index is 0.467. The molecule has 0 aliphatic carbocycles. The van der Waals surface area contributed by atoms with Crippen molar-refractivity contribution in [2.24, 2.45) is 5.10 Å². The predicted octanol–water partition coefficient (Wildman–Crippen LogP) is 3.00. The standard InChI is InChI=1S/C17H19N3OS/c1-13-7-9-14(10-8-13)12-21-16-6-4-3-5-15(16)11-19-20-17(22)18-2/h3-11H,12H2,1-2H3,(H2,18,20,22). The molecule has 2 N–H and O–H groups in total. The lowest BCUT2D eigenvalue weighted by molar-refractivity contribution is 0.306. The minimum Gasteiger partial charge on any atom is -0.488 e. The van der Waals surface area contributed by atoms with Crippen molar-refractivity contribution in [3.05, 3.63) is 65.2 Å². The zero-order valence-corrected chi connectivity index (χ0v) is 13.5. The highest BCUT2D eigenvalue weighted by atomic mass is 32.1. The fourth-order valence-electron chi connectivity index (χ4n) is 1.78. The molecule has 0 fully saturated rings. The van der Waals surface area contributed by atoms with E-state index in [4.69, 9.17) is 17.0 Å². The van der Waals surface area contributed by atoms with E-state index in [2.05, 4.69) is 47.0 Å². The van der Waals surface area contributed by atoms with E-state index >= 15 is 0 Å². The largest absolute Gasteiger partial charge is 0.488 e. The smallest absolute Gasteiger partial charge is 0.186 e. The molecule has 0 atom stereocenters. The number of nitrogens with one attached hydrogen (secondary N) is 2. The quantitative estimate of drug-likeness (QED) is 0.506. The molecule has 4 nitrogen and oxygen atoms in total. The average molecular weight is 313 g/mol. The van der Waals surface area contributed by atoms with Crippen LogP contribution < -0.4 is 15.5 Å². The molecule has 0 radical (unpaired) electrons. The van der Waals surface area contributed by atoms with Crippen molar-refractivity contribution in [2.75, 3.05) is 7.05 Å². The molecule has 0 bridgehead atoms. The number of ether oxygens (including phenoxy) is 1. The number of nitrogens with zero attached hydrogens (tertiary/aromatic N) is 1. The first-order chi connectivity index (χ1) is 10.7. The van der Waals surface area contributed by atoms with Gasteiger partial charge in [-0.2, -0.15) is 5.10 Å². The van der Waals surface area contributed by atoms with E-state index in [9.17, 15) is 0 Å². The lowest BCUT2D eigenvalue weighted by Gasteiger charge is -2.09. The van der Waals surface area contributed by atoms with Gasteiger partial charge in [-0.15, -0.1) is 0 Å². The number of hydrazone groups is 1. The molecule has 22 heavy (non-hydrogen) atoms. The van der Waals surface area contributed by atoms with Gasteiger partial charge in [0.15, 0.2) is 5.11 Å². The maximum atomic E-state index is 5.88. The summed E-state index contributed by atoms with van der Waals surface area (Å²) in [4.78, 5) is 0. The van der Waals surface area contributed by atoms with Crippen LogP contribution in [-0.4, -0.2) is 18.4 Å². The average Bonchev–Trinajstić information content (AvgIpc) is 2.55. The molecule has 114 valence electrons. The summed E-state index contributed by atoms with van der Waals surface area (Å²) in [5.74, 6) is 0.781. The third-order valence-corrected chi connectivity index (χ3v) is 3.33. The number of thiocarbonyl (C=S) groups is 1. The molecule has 0 amide bonds. The third-order valence-electron chi connectivity index (χ3n) is 3.03. The summed E-state index contributed by atoms with van der Waals surface area (Å²) in [7, 11) is 1.74. The van der Waals surface area contributed by atoms with Crippen LogP contribution in [0.2, 0.25) is 0 Å². The van der Waals surface area contributed by atoms with Crippen LogP contribution in [0.4, 0.5) is 0 Å². The Morgan fingerprint density at radius 1 is 1.18 bits per heavy atom. The lowest BCUT2D eigenvalue weighted by Crippen LogP contribution is -2.28. The van der Waals surface area contributed by atoms with Crippen LogP contribution in [-0.2, 0) is 6.61 Å². The SMILES string of the molecule is CNC(=S)NN=Cc1ccccc1OCc1ccc(C)cc1. The van der Waals surface area contributed by atoms with Gasteiger partial charge >= 0.3 is 0 Å². The molecule has 0 aliphatic rings. The number of hydrogen-bond acceptors (Lipinski definition) is 3. The Balaban J connectivity index is 2.01. The van der Waals surface area contributed by atoms with Gasteiger partial charge < -0.3 is 10.1 Å². The lowest BCUT2D eigenvalue weighted by atomic mass is 10.1. The van der Waals surface area contributed by atoms with Gasteiger partial charge in [0.05, 0.1) is 6.21 Å². The Morgan fingerprint density at radius 3 is 2.64 bits per heavy atom. The first-order valence-corrected chi connectivity index (χ1v) is 7.38. The van der Waals surface area contributed by atoms with Gasteiger partial charge in [0, 0.05) is 12.6 Å². The second-order valence-corrected chi connectivity index (χ2v) is 5.17. The summed E-state index contributed by atoms with van der Waals surface area (Å²) in [5, 5.41) is 7.34. The number of hydrogen-bond donors (Lipinski definition) is 2. The van der Waals surface area contributed by atoms with Crippen molar-refractivity contribution >= 4 is 23.5 Å². The van der Waals surface area contributed by atoms with E-state index in [-0.39, 0.29) is 0 Å². The van der Waals surface area contributed by atoms with Crippen molar-refractivity contribution in [1.29, 1.82) is 0 Å². The van der Waals surface area contributed by atoms with Gasteiger partial charge in [0.2, 0.25) is 0 Å². The Morgan fingerprint density at radius 2 is 1.91 bits per heavy atom. The second kappa shape index (κ2) is 8.14. The van der Waals surface area contributed by atoms with Crippen LogP contribution in [0.15, 0.2) is 53.6 Å². The second-order valence-electron chi connectivity index (χ2n) is 4.76. The third kappa shape index (κ3) is 4.86. The summed E-state index contributed by atoms with van der Waals surface area (Å²) in [6.45, 7) is 2.59. The molecular weight excluding hydrogens is 294 g/mol. The zero-order valence-electron chi connectivity index (χ0n) is 12.7. The van der Waals surface area contributed by atoms with Gasteiger partial charge in [0.1, 0.15) is 12.4 Å². The summed E-state index contributed by atoms with van der Waals surface area (Å²) < 4.78 is 5.88. The fourth-order valence-corrected chi connectivity index (χ4v) is 1.83. The monoisotopic (exact) mass is 313 g/mol. The Labute approximate surface area is 136 Å². The zero-order chi connectivity index (χ0) is 15.8. The predicted molar refractivity (Wildman–Crippen MR) is 94.3 cm³/mol. The molecule has 2 aromatic carbocycles. The molecule has 5 heteroatoms. The van der Waals surface area contributed by atoms with E-state index in [1.807, 2.05) is 24.3 Å². The first-order valence-electron chi connectivity index (χ1n) is 6.97. The van der Waals surface area contributed by atoms with Crippen LogP contribution in [0.5, 0.6) is 5.75 Å². The van der Waals surface area contributed by atoms with Crippen LogP contribution in [0.3, 0.4) is 0 Å². The van der Waals surface area contributed by atoms with Crippen molar-refractivity contribution < 1.29 is 4.74 Å². The highest BCUT2D eigenvalue weighted by Crippen LogP contribution is 2.17. The molecule has 0 saturated heterocycles. The summed E-state index contributed by atoms with van der Waals surface area (Å²) >= 11 is 4.96. The Kier molecular flexibility index (Phi) is 5.91. The number of benzene rings is 2. The highest BCUT2D eigenvalue weighted by molar-refractivity contribution is 7.80. The van der Waals surface area contributed by atoms with Gasteiger partial charge in [-0.25, -0.2) is 0 Å². The normalized spacial score (nSPS) is 10.5. The molecule has 2 aromatic rings. The summed E-state index contributed by atoms with van der Waals surface area (Å²) in [6.07, 6.45) is 1.69. The first kappa shape index (κ1) is 16.0. The topological polar surface area (TPSA) is 45.7 Å². The number of para-hydroxylation sites is 1. The summed E-state index contributed by atoms with van der Waals surface area (Å²) in [6, 6.07) is 16.0. The van der Waals surface area contributed by atoms with E-state index < -0.39 is 0 Å². The van der Waals surface area contributed by atoms with Gasteiger partial charge in [-0.3, -0.25) is 5.43 Å². The van der Waals surface area contributed by atoms with Crippen LogP contribution in [0.1, 0.15) is 16.7 Å². The Bertz CT molecular complexity index is 653. The van der Waals surface area contributed by atoms with Crippen molar-refractivity contribution in [2.45, 2.75) is 13.5 Å². The van der Waals surface area contributed by atoms with Crippen LogP contribution in [0, 0.1) is 6.92 Å². The molecule has 2 rings (SSSR count). The van der Waals surface area contributed by atoms with Crippen LogP contribution >= 0.6 is 12.2 Å². The minimum atomic E-state index is 0.467. The van der Waals surface area contributed by atoms with E-state index in [1.54, 1.807) is 13.3 Å². The summed E-state index contributed by atoms with van der Waals surface area (Å²) in [5.41, 5.74) is 5.98. The maximum Gasteiger partial charge on any atom is 0.186 e. The number of aryl methyl sites for hydroxylation is 1. The Hall–Kier alpha value is -2.40. The molecule has 0 heterocycles. The van der Waals surface area contributed by atoms with E-state index in [0.29, 0.717) is 11.7 Å². The molecular formula is C17H19N3OS. The van der Waals surface area contributed by atoms with E-state index in [0.717, 1.165) is 16.9 Å². The van der Waals surface area contributed by atoms with Crippen LogP contribution in [0.25, 0.3) is 0 Å². The molecule has 0 aromatic heterocycles. The van der Waals surface area contributed by atoms with Crippen molar-refractivity contribution in [3.63, 3.8) is 0 Å². The molecule has 0 unspecified atom stereocenters. The maximum absolute atomic E-state index is 5.88. The van der Waals surface area contributed by atoms with Crippen molar-refractivity contribution in [3.8, 4) is 5.75 Å². The van der Waals surface area contributed by atoms with Crippen molar-refractivity contribution in [1.82, 2.24) is 10.7 Å². The fraction of sp³-hybridized carbons (Fsp3) is 0.176. The number of rotatable bonds is 5. The highest BCUT2D eigenvalue weighted by Gasteiger charge is 2.01. The van der Waals surface area contributed by atoms with E-state index in [1.165, 1.54) is 5.56 Å². The van der Waals surface area contributed by atoms with Gasteiger partial charge in [-0.1, -0.05) is 42.0 Å².